The van der Waals surface area contributed by atoms with E-state index in [-0.39, 0.29) is 5.75 Å². The van der Waals surface area contributed by atoms with E-state index in [0.717, 1.165) is 0 Å². The number of hydrogen-bond acceptors (Lipinski definition) is 3. The number of methoxy groups -OCH3 is 1. The Morgan fingerprint density at radius 1 is 0.690 bits per heavy atom. The van der Waals surface area contributed by atoms with E-state index in [1.54, 1.807) is 31.4 Å². The number of benzene rings is 4. The average Bonchev–Trinajstić information content (AvgIpc) is 3.10. The lowest BCUT2D eigenvalue weighted by Crippen LogP contribution is -1.92. The van der Waals surface area contributed by atoms with Gasteiger partial charge < -0.3 is 14.6 Å². The summed E-state index contributed by atoms with van der Waals surface area (Å²) in [7, 11) is 0.982. The molecule has 0 radical (unpaired) electrons. The Hall–Kier alpha value is -3.37. The summed E-state index contributed by atoms with van der Waals surface area (Å²) in [6, 6.07) is 30.2. The van der Waals surface area contributed by atoms with E-state index in [0.29, 0.717) is 17.2 Å². The molecule has 1 heterocycles. The first kappa shape index (κ1) is 17.7. The Morgan fingerprint density at radius 2 is 1.31 bits per heavy atom. The van der Waals surface area contributed by atoms with Crippen LogP contribution in [-0.2, 0) is 0 Å². The van der Waals surface area contributed by atoms with Crippen LogP contribution in [-0.4, -0.2) is 12.2 Å². The predicted octanol–water partition coefficient (Wildman–Crippen LogP) is 6.65. The van der Waals surface area contributed by atoms with Crippen molar-refractivity contribution >= 4 is 10.9 Å². The van der Waals surface area contributed by atoms with Crippen molar-refractivity contribution in [3.05, 3.63) is 91.0 Å². The smallest absolute Gasteiger partial charge is 0.170 e. The number of phenolic OH excluding ortho intramolecular Hbond substituents is 1. The lowest BCUT2D eigenvalue weighted by atomic mass is 10.1. The second-order valence-electron chi connectivity index (χ2n) is 6.80. The van der Waals surface area contributed by atoms with Crippen LogP contribution in [0.25, 0.3) is 11.1 Å². The van der Waals surface area contributed by atoms with E-state index in [9.17, 15) is 5.11 Å². The van der Waals surface area contributed by atoms with Gasteiger partial charge in [0, 0.05) is 9.79 Å². The van der Waals surface area contributed by atoms with E-state index in [2.05, 4.69) is 60.7 Å². The summed E-state index contributed by atoms with van der Waals surface area (Å²) in [5, 5.41) is 9.52. The molecule has 0 aromatic heterocycles. The van der Waals surface area contributed by atoms with Gasteiger partial charge in [0.15, 0.2) is 11.5 Å². The first-order chi connectivity index (χ1) is 14.2. The molecule has 144 valence electrons. The molecule has 0 bridgehead atoms. The van der Waals surface area contributed by atoms with Crippen LogP contribution in [0.3, 0.4) is 0 Å². The number of aromatic hydroxyl groups is 1. The van der Waals surface area contributed by atoms with E-state index in [1.807, 2.05) is 6.07 Å². The molecule has 0 unspecified atom stereocenters. The van der Waals surface area contributed by atoms with Crippen molar-refractivity contribution < 1.29 is 14.6 Å². The molecule has 4 aromatic carbocycles. The Bertz CT molecular complexity index is 1140. The molecule has 0 spiro atoms. The molecule has 3 nitrogen and oxygen atoms in total. The minimum Gasteiger partial charge on any atom is -0.508 e. The van der Waals surface area contributed by atoms with Crippen LogP contribution in [0.4, 0.5) is 0 Å². The SMILES string of the molecule is COc1ccc([SH]2c3ccccc3-c3ccccc32)cc1Oc1ccc(O)cc1. The average molecular weight is 400 g/mol. The number of fused-ring (bicyclic) bond motifs is 3. The molecule has 0 aliphatic carbocycles. The lowest BCUT2D eigenvalue weighted by molar-refractivity contribution is 0.377. The molecule has 0 atom stereocenters. The summed E-state index contributed by atoms with van der Waals surface area (Å²) >= 11 is 0. The largest absolute Gasteiger partial charge is 0.508 e. The van der Waals surface area contributed by atoms with E-state index < -0.39 is 10.9 Å². The number of hydrogen-bond donors (Lipinski definition) is 2. The van der Waals surface area contributed by atoms with Crippen LogP contribution >= 0.6 is 10.9 Å². The van der Waals surface area contributed by atoms with Gasteiger partial charge in [0.05, 0.1) is 7.11 Å². The van der Waals surface area contributed by atoms with Crippen molar-refractivity contribution in [3.63, 3.8) is 0 Å². The van der Waals surface area contributed by atoms with Crippen LogP contribution in [0.2, 0.25) is 0 Å². The van der Waals surface area contributed by atoms with Crippen molar-refractivity contribution in [1.82, 2.24) is 0 Å². The van der Waals surface area contributed by atoms with Gasteiger partial charge in [-0.05, 0) is 70.6 Å². The Labute approximate surface area is 172 Å². The number of phenols is 1. The molecule has 29 heavy (non-hydrogen) atoms. The van der Waals surface area contributed by atoms with E-state index in [1.165, 1.54) is 25.8 Å². The van der Waals surface area contributed by atoms with Crippen LogP contribution < -0.4 is 9.47 Å². The number of thiol groups is 1. The highest BCUT2D eigenvalue weighted by molar-refractivity contribution is 8.17. The Kier molecular flexibility index (Phi) is 4.41. The second-order valence-corrected chi connectivity index (χ2v) is 8.95. The lowest BCUT2D eigenvalue weighted by Gasteiger charge is -2.21. The summed E-state index contributed by atoms with van der Waals surface area (Å²) in [6.07, 6.45) is 0. The first-order valence-corrected chi connectivity index (χ1v) is 10.7. The summed E-state index contributed by atoms with van der Waals surface area (Å²) in [5.41, 5.74) is 2.62. The highest BCUT2D eigenvalue weighted by Crippen LogP contribution is 2.62. The molecular formula is C25H20O3S. The summed E-state index contributed by atoms with van der Waals surface area (Å²) in [5.74, 6) is 2.21. The maximum atomic E-state index is 9.52. The molecule has 1 N–H and O–H groups in total. The fourth-order valence-electron chi connectivity index (χ4n) is 3.73. The molecule has 4 heteroatoms. The third kappa shape index (κ3) is 3.12. The summed E-state index contributed by atoms with van der Waals surface area (Å²) in [4.78, 5) is 3.95. The quantitative estimate of drug-likeness (QED) is 0.332. The predicted molar refractivity (Wildman–Crippen MR) is 117 cm³/mol. The Balaban J connectivity index is 1.61. The van der Waals surface area contributed by atoms with E-state index in [4.69, 9.17) is 9.47 Å². The Morgan fingerprint density at radius 3 is 1.93 bits per heavy atom. The third-order valence-corrected chi connectivity index (χ3v) is 7.59. The third-order valence-electron chi connectivity index (χ3n) is 5.05. The van der Waals surface area contributed by atoms with Crippen molar-refractivity contribution in [2.24, 2.45) is 0 Å². The van der Waals surface area contributed by atoms with Gasteiger partial charge in [-0.3, -0.25) is 0 Å². The van der Waals surface area contributed by atoms with Crippen LogP contribution in [0.5, 0.6) is 23.0 Å². The van der Waals surface area contributed by atoms with Crippen molar-refractivity contribution in [3.8, 4) is 34.1 Å². The fraction of sp³-hybridized carbons (Fsp3) is 0.0400. The maximum absolute atomic E-state index is 9.52. The van der Waals surface area contributed by atoms with Gasteiger partial charge in [0.1, 0.15) is 11.5 Å². The zero-order chi connectivity index (χ0) is 19.8. The zero-order valence-electron chi connectivity index (χ0n) is 15.9. The van der Waals surface area contributed by atoms with Crippen molar-refractivity contribution in [2.45, 2.75) is 14.7 Å². The highest BCUT2D eigenvalue weighted by Gasteiger charge is 2.27. The van der Waals surface area contributed by atoms with Gasteiger partial charge in [-0.25, -0.2) is 0 Å². The van der Waals surface area contributed by atoms with Crippen molar-refractivity contribution in [1.29, 1.82) is 0 Å². The van der Waals surface area contributed by atoms with Crippen LogP contribution in [0.1, 0.15) is 0 Å². The fourth-order valence-corrected chi connectivity index (χ4v) is 6.35. The standard InChI is InChI=1S/C25H20O3S/c1-27-22-15-14-19(16-23(22)28-18-12-10-17(26)11-13-18)29-24-8-4-2-6-20(24)21-7-3-5-9-25(21)29/h2-16,26,29H,1H3. The monoisotopic (exact) mass is 400 g/mol. The molecule has 4 aromatic rings. The van der Waals surface area contributed by atoms with E-state index >= 15 is 0 Å². The zero-order valence-corrected chi connectivity index (χ0v) is 16.8. The molecular weight excluding hydrogens is 380 g/mol. The summed E-state index contributed by atoms with van der Waals surface area (Å²) in [6.45, 7) is 0. The minimum atomic E-state index is -0.661. The van der Waals surface area contributed by atoms with Crippen molar-refractivity contribution in [2.75, 3.05) is 7.11 Å². The highest BCUT2D eigenvalue weighted by atomic mass is 32.2. The van der Waals surface area contributed by atoms with Gasteiger partial charge in [-0.1, -0.05) is 36.4 Å². The summed E-state index contributed by atoms with van der Waals surface area (Å²) < 4.78 is 11.6. The molecule has 0 saturated heterocycles. The topological polar surface area (TPSA) is 38.7 Å². The first-order valence-electron chi connectivity index (χ1n) is 9.38. The molecule has 0 fully saturated rings. The number of rotatable bonds is 4. The van der Waals surface area contributed by atoms with Gasteiger partial charge in [-0.2, -0.15) is 10.9 Å². The van der Waals surface area contributed by atoms with Crippen LogP contribution in [0.15, 0.2) is 106 Å². The van der Waals surface area contributed by atoms with Gasteiger partial charge in [0.2, 0.25) is 0 Å². The van der Waals surface area contributed by atoms with Gasteiger partial charge >= 0.3 is 0 Å². The molecule has 1 aliphatic heterocycles. The van der Waals surface area contributed by atoms with Crippen LogP contribution in [0, 0.1) is 0 Å². The second kappa shape index (κ2) is 7.22. The minimum absolute atomic E-state index is 0.209. The molecule has 1 aliphatic rings. The number of ether oxygens (including phenoxy) is 2. The maximum Gasteiger partial charge on any atom is 0.170 e. The molecule has 0 amide bonds. The molecule has 5 rings (SSSR count). The molecule has 0 saturated carbocycles. The van der Waals surface area contributed by atoms with Gasteiger partial charge in [0.25, 0.3) is 0 Å². The van der Waals surface area contributed by atoms with Gasteiger partial charge in [-0.15, -0.1) is 0 Å². The normalized spacial score (nSPS) is 12.9.